The number of benzene rings is 3. The van der Waals surface area contributed by atoms with Crippen molar-refractivity contribution >= 4 is 28.5 Å². The van der Waals surface area contributed by atoms with Crippen LogP contribution in [0.5, 0.6) is 5.75 Å². The van der Waals surface area contributed by atoms with E-state index in [0.29, 0.717) is 28.3 Å². The van der Waals surface area contributed by atoms with Crippen LogP contribution < -0.4 is 10.2 Å². The van der Waals surface area contributed by atoms with Gasteiger partial charge in [-0.05, 0) is 60.0 Å². The summed E-state index contributed by atoms with van der Waals surface area (Å²) in [5, 5.41) is 0.719. The number of hydrogen-bond donors (Lipinski definition) is 0. The number of amides is 1. The van der Waals surface area contributed by atoms with Gasteiger partial charge in [-0.3, -0.25) is 9.59 Å². The van der Waals surface area contributed by atoms with Crippen molar-refractivity contribution in [2.45, 2.75) is 25.9 Å². The van der Waals surface area contributed by atoms with Crippen molar-refractivity contribution in [3.8, 4) is 5.75 Å². The van der Waals surface area contributed by atoms with Crippen molar-refractivity contribution in [2.75, 3.05) is 6.61 Å². The van der Waals surface area contributed by atoms with Crippen LogP contribution >= 0.6 is 11.6 Å². The highest BCUT2D eigenvalue weighted by Crippen LogP contribution is 2.39. The van der Waals surface area contributed by atoms with E-state index in [9.17, 15) is 14.0 Å². The molecular formula is C27H21ClFNO4. The minimum atomic E-state index is -0.674. The molecule has 4 aromatic rings. The van der Waals surface area contributed by atoms with Crippen LogP contribution in [0.1, 0.15) is 46.6 Å². The molecule has 5 nitrogen and oxygen atoms in total. The average Bonchev–Trinajstić information content (AvgIpc) is 3.11. The van der Waals surface area contributed by atoms with Crippen molar-refractivity contribution < 1.29 is 18.3 Å². The molecule has 172 valence electrons. The van der Waals surface area contributed by atoms with Crippen molar-refractivity contribution in [3.05, 3.63) is 110 Å². The molecule has 0 saturated carbocycles. The van der Waals surface area contributed by atoms with Crippen LogP contribution in [-0.2, 0) is 6.54 Å². The summed E-state index contributed by atoms with van der Waals surface area (Å²) < 4.78 is 25.1. The average molecular weight is 478 g/mol. The highest BCUT2D eigenvalue weighted by molar-refractivity contribution is 6.31. The zero-order valence-corrected chi connectivity index (χ0v) is 19.1. The molecule has 1 amide bonds. The Morgan fingerprint density at radius 1 is 1.03 bits per heavy atom. The van der Waals surface area contributed by atoms with Crippen LogP contribution in [0.4, 0.5) is 4.39 Å². The Bertz CT molecular complexity index is 1430. The van der Waals surface area contributed by atoms with E-state index in [1.165, 1.54) is 12.1 Å². The minimum absolute atomic E-state index is 0.0123. The van der Waals surface area contributed by atoms with Gasteiger partial charge >= 0.3 is 0 Å². The molecule has 1 aliphatic heterocycles. The number of hydrogen-bond acceptors (Lipinski definition) is 4. The van der Waals surface area contributed by atoms with Gasteiger partial charge in [0.1, 0.15) is 17.1 Å². The number of fused-ring (bicyclic) bond motifs is 2. The molecule has 1 atom stereocenters. The van der Waals surface area contributed by atoms with Gasteiger partial charge in [-0.1, -0.05) is 42.8 Å². The summed E-state index contributed by atoms with van der Waals surface area (Å²) in [4.78, 5) is 28.6. The molecule has 0 radical (unpaired) electrons. The maximum absolute atomic E-state index is 13.6. The summed E-state index contributed by atoms with van der Waals surface area (Å²) >= 11 is 6.13. The predicted octanol–water partition coefficient (Wildman–Crippen LogP) is 6.12. The van der Waals surface area contributed by atoms with Crippen molar-refractivity contribution in [1.82, 2.24) is 4.90 Å². The fourth-order valence-corrected chi connectivity index (χ4v) is 4.43. The first-order chi connectivity index (χ1) is 16.5. The molecule has 0 aliphatic carbocycles. The second kappa shape index (κ2) is 8.95. The first kappa shape index (κ1) is 22.2. The van der Waals surface area contributed by atoms with E-state index in [0.717, 1.165) is 17.5 Å². The molecule has 0 fully saturated rings. The third kappa shape index (κ3) is 3.94. The van der Waals surface area contributed by atoms with Gasteiger partial charge in [0.05, 0.1) is 23.6 Å². The number of halogens is 2. The fourth-order valence-electron chi connectivity index (χ4n) is 4.25. The largest absolute Gasteiger partial charge is 0.494 e. The molecule has 0 N–H and O–H groups in total. The van der Waals surface area contributed by atoms with Gasteiger partial charge in [-0.15, -0.1) is 0 Å². The lowest BCUT2D eigenvalue weighted by Gasteiger charge is -2.25. The Kier molecular flexibility index (Phi) is 5.84. The molecule has 5 rings (SSSR count). The highest BCUT2D eigenvalue weighted by atomic mass is 35.5. The Labute approximate surface area is 200 Å². The summed E-state index contributed by atoms with van der Waals surface area (Å²) in [5.41, 5.74) is 1.74. The lowest BCUT2D eigenvalue weighted by atomic mass is 9.98. The summed E-state index contributed by atoms with van der Waals surface area (Å²) in [5.74, 6) is -0.0423. The first-order valence-corrected chi connectivity index (χ1v) is 11.4. The molecule has 2 heterocycles. The van der Waals surface area contributed by atoms with Crippen molar-refractivity contribution in [1.29, 1.82) is 0 Å². The third-order valence-electron chi connectivity index (χ3n) is 5.86. The molecule has 1 aliphatic rings. The number of ether oxygens (including phenoxy) is 1. The van der Waals surface area contributed by atoms with Gasteiger partial charge in [-0.2, -0.15) is 0 Å². The Hall–Kier alpha value is -3.64. The summed E-state index contributed by atoms with van der Waals surface area (Å²) in [6.07, 6.45) is 0.883. The quantitative estimate of drug-likeness (QED) is 0.335. The van der Waals surface area contributed by atoms with E-state index in [4.69, 9.17) is 20.8 Å². The SMILES string of the molecule is CCCOc1ccc(C2c3c(oc4ccc(Cl)cc4c3=O)C(=O)N2Cc2ccc(F)cc2)cc1. The van der Waals surface area contributed by atoms with E-state index in [1.807, 2.05) is 31.2 Å². The molecular weight excluding hydrogens is 457 g/mol. The van der Waals surface area contributed by atoms with Gasteiger partial charge in [0.25, 0.3) is 5.91 Å². The molecule has 1 aromatic heterocycles. The lowest BCUT2D eigenvalue weighted by Crippen LogP contribution is -2.29. The van der Waals surface area contributed by atoms with Gasteiger partial charge in [-0.25, -0.2) is 4.39 Å². The summed E-state index contributed by atoms with van der Waals surface area (Å²) in [7, 11) is 0. The number of rotatable bonds is 6. The number of nitrogens with zero attached hydrogens (tertiary/aromatic N) is 1. The zero-order valence-electron chi connectivity index (χ0n) is 18.4. The van der Waals surface area contributed by atoms with Crippen LogP contribution in [-0.4, -0.2) is 17.4 Å². The van der Waals surface area contributed by atoms with Gasteiger partial charge < -0.3 is 14.1 Å². The normalized spacial score (nSPS) is 15.1. The molecule has 0 spiro atoms. The van der Waals surface area contributed by atoms with Crippen LogP contribution in [0.3, 0.4) is 0 Å². The first-order valence-electron chi connectivity index (χ1n) is 11.0. The minimum Gasteiger partial charge on any atom is -0.494 e. The smallest absolute Gasteiger partial charge is 0.291 e. The van der Waals surface area contributed by atoms with E-state index in [1.54, 1.807) is 35.2 Å². The van der Waals surface area contributed by atoms with Crippen molar-refractivity contribution in [2.24, 2.45) is 0 Å². The standard InChI is InChI=1S/C27H21ClFNO4/c1-2-13-33-20-10-5-17(6-11-20)24-23-25(31)21-14-18(28)7-12-22(21)34-26(23)27(32)30(24)15-16-3-8-19(29)9-4-16/h3-12,14,24H,2,13,15H2,1H3. The van der Waals surface area contributed by atoms with Gasteiger partial charge in [0, 0.05) is 11.6 Å². The number of carbonyl (C=O) groups excluding carboxylic acids is 1. The van der Waals surface area contributed by atoms with Crippen LogP contribution in [0.2, 0.25) is 5.02 Å². The maximum atomic E-state index is 13.6. The second-order valence-electron chi connectivity index (χ2n) is 8.19. The van der Waals surface area contributed by atoms with Crippen LogP contribution in [0.25, 0.3) is 11.0 Å². The van der Waals surface area contributed by atoms with Crippen molar-refractivity contribution in [3.63, 3.8) is 0 Å². The summed E-state index contributed by atoms with van der Waals surface area (Å²) in [6, 6.07) is 17.3. The topological polar surface area (TPSA) is 59.8 Å². The molecule has 0 bridgehead atoms. The molecule has 7 heteroatoms. The van der Waals surface area contributed by atoms with E-state index < -0.39 is 11.9 Å². The third-order valence-corrected chi connectivity index (χ3v) is 6.10. The molecule has 34 heavy (non-hydrogen) atoms. The maximum Gasteiger partial charge on any atom is 0.291 e. The number of carbonyl (C=O) groups is 1. The van der Waals surface area contributed by atoms with Crippen LogP contribution in [0, 0.1) is 5.82 Å². The van der Waals surface area contributed by atoms with E-state index in [-0.39, 0.29) is 29.1 Å². The van der Waals surface area contributed by atoms with Gasteiger partial charge in [0.15, 0.2) is 5.43 Å². The summed E-state index contributed by atoms with van der Waals surface area (Å²) in [6.45, 7) is 2.80. The van der Waals surface area contributed by atoms with E-state index >= 15 is 0 Å². The monoisotopic (exact) mass is 477 g/mol. The Morgan fingerprint density at radius 3 is 2.47 bits per heavy atom. The second-order valence-corrected chi connectivity index (χ2v) is 8.63. The molecule has 0 saturated heterocycles. The Morgan fingerprint density at radius 2 is 1.76 bits per heavy atom. The predicted molar refractivity (Wildman–Crippen MR) is 128 cm³/mol. The zero-order chi connectivity index (χ0) is 23.8. The fraction of sp³-hybridized carbons (Fsp3) is 0.185. The lowest BCUT2D eigenvalue weighted by molar-refractivity contribution is 0.0714. The molecule has 1 unspecified atom stereocenters. The Balaban J connectivity index is 1.65. The van der Waals surface area contributed by atoms with E-state index in [2.05, 4.69) is 0 Å². The molecule has 3 aromatic carbocycles. The van der Waals surface area contributed by atoms with Crippen LogP contribution in [0.15, 0.2) is 75.9 Å². The highest BCUT2D eigenvalue weighted by Gasteiger charge is 2.42. The van der Waals surface area contributed by atoms with Gasteiger partial charge in [0.2, 0.25) is 5.76 Å².